The summed E-state index contributed by atoms with van der Waals surface area (Å²) in [5, 5.41) is 2.43. The summed E-state index contributed by atoms with van der Waals surface area (Å²) < 4.78 is 50.2. The third-order valence-electron chi connectivity index (χ3n) is 5.02. The predicted octanol–water partition coefficient (Wildman–Crippen LogP) is 3.12. The Morgan fingerprint density at radius 3 is 2.42 bits per heavy atom. The lowest BCUT2D eigenvalue weighted by molar-refractivity contribution is -0.137. The van der Waals surface area contributed by atoms with Crippen molar-refractivity contribution in [2.24, 2.45) is 5.92 Å². The van der Waals surface area contributed by atoms with Crippen LogP contribution in [0.15, 0.2) is 24.3 Å². The third kappa shape index (κ3) is 4.36. The minimum atomic E-state index is -4.51. The fourth-order valence-corrected chi connectivity index (χ4v) is 3.47. The Kier molecular flexibility index (Phi) is 5.84. The van der Waals surface area contributed by atoms with E-state index in [2.05, 4.69) is 5.32 Å². The molecule has 0 radical (unpaired) electrons. The molecule has 1 aromatic carbocycles. The molecule has 0 bridgehead atoms. The second-order valence-corrected chi connectivity index (χ2v) is 6.69. The van der Waals surface area contributed by atoms with E-state index in [0.29, 0.717) is 32.2 Å². The molecule has 26 heavy (non-hydrogen) atoms. The summed E-state index contributed by atoms with van der Waals surface area (Å²) in [6.45, 7) is 4.31. The van der Waals surface area contributed by atoms with Crippen molar-refractivity contribution in [1.29, 1.82) is 0 Å². The van der Waals surface area contributed by atoms with Gasteiger partial charge in [-0.15, -0.1) is 0 Å². The number of halogens is 3. The molecule has 5 nitrogen and oxygen atoms in total. The number of ether oxygens (including phenoxy) is 2. The Labute approximate surface area is 150 Å². The van der Waals surface area contributed by atoms with Gasteiger partial charge in [0.15, 0.2) is 6.29 Å². The molecule has 2 fully saturated rings. The van der Waals surface area contributed by atoms with Crippen molar-refractivity contribution < 1.29 is 27.4 Å². The Balaban J connectivity index is 1.57. The maximum Gasteiger partial charge on any atom is 0.418 e. The van der Waals surface area contributed by atoms with Crippen molar-refractivity contribution in [3.8, 4) is 0 Å². The number of piperidine rings is 1. The van der Waals surface area contributed by atoms with Crippen LogP contribution in [0.25, 0.3) is 0 Å². The first-order valence-electron chi connectivity index (χ1n) is 8.80. The summed E-state index contributed by atoms with van der Waals surface area (Å²) in [7, 11) is 0. The van der Waals surface area contributed by atoms with Gasteiger partial charge < -0.3 is 14.8 Å². The van der Waals surface area contributed by atoms with E-state index in [1.807, 2.05) is 4.90 Å². The second kappa shape index (κ2) is 7.94. The van der Waals surface area contributed by atoms with Crippen molar-refractivity contribution in [3.05, 3.63) is 29.8 Å². The molecule has 3 rings (SSSR count). The lowest BCUT2D eigenvalue weighted by atomic mass is 9.95. The van der Waals surface area contributed by atoms with Crippen LogP contribution in [0.1, 0.15) is 25.3 Å². The molecule has 8 heteroatoms. The highest BCUT2D eigenvalue weighted by Crippen LogP contribution is 2.34. The molecule has 1 amide bonds. The van der Waals surface area contributed by atoms with Crippen LogP contribution in [0.5, 0.6) is 0 Å². The van der Waals surface area contributed by atoms with Crippen molar-refractivity contribution >= 4 is 11.6 Å². The van der Waals surface area contributed by atoms with Crippen LogP contribution in [-0.2, 0) is 20.4 Å². The van der Waals surface area contributed by atoms with E-state index in [1.54, 1.807) is 6.92 Å². The molecule has 1 atom stereocenters. The van der Waals surface area contributed by atoms with Gasteiger partial charge in [0.2, 0.25) is 5.91 Å². The number of carbonyl (C=O) groups excluding carboxylic acids is 1. The predicted molar refractivity (Wildman–Crippen MR) is 89.5 cm³/mol. The third-order valence-corrected chi connectivity index (χ3v) is 5.02. The molecule has 2 aliphatic rings. The summed E-state index contributed by atoms with van der Waals surface area (Å²) in [4.78, 5) is 14.4. The van der Waals surface area contributed by atoms with Crippen LogP contribution in [0.3, 0.4) is 0 Å². The summed E-state index contributed by atoms with van der Waals surface area (Å²) in [5.41, 5.74) is -1.05. The van der Waals surface area contributed by atoms with Crippen LogP contribution in [0.4, 0.5) is 18.9 Å². The van der Waals surface area contributed by atoms with Gasteiger partial charge in [0, 0.05) is 5.92 Å². The molecule has 2 heterocycles. The van der Waals surface area contributed by atoms with Crippen LogP contribution in [0.2, 0.25) is 0 Å². The molecule has 0 aliphatic carbocycles. The SMILES string of the molecule is CC(C(=O)Nc1ccccc1C(F)(F)F)N1CCC(C2OCCO2)CC1. The molecule has 2 saturated heterocycles. The largest absolute Gasteiger partial charge is 0.418 e. The summed E-state index contributed by atoms with van der Waals surface area (Å²) >= 11 is 0. The van der Waals surface area contributed by atoms with Gasteiger partial charge in [-0.25, -0.2) is 0 Å². The Morgan fingerprint density at radius 1 is 1.19 bits per heavy atom. The van der Waals surface area contributed by atoms with Gasteiger partial charge >= 0.3 is 6.18 Å². The quantitative estimate of drug-likeness (QED) is 0.882. The van der Waals surface area contributed by atoms with Gasteiger partial charge in [-0.05, 0) is 45.0 Å². The number of alkyl halides is 3. The summed E-state index contributed by atoms with van der Waals surface area (Å²) in [5.74, 6) is -0.136. The molecule has 1 unspecified atom stereocenters. The normalized spacial score (nSPS) is 21.7. The Hall–Kier alpha value is -1.64. The lowest BCUT2D eigenvalue weighted by Crippen LogP contribution is -2.47. The first-order chi connectivity index (χ1) is 12.4. The van der Waals surface area contributed by atoms with Crippen molar-refractivity contribution in [1.82, 2.24) is 4.90 Å². The minimum Gasteiger partial charge on any atom is -0.350 e. The molecular formula is C18H23F3N2O3. The molecule has 0 aromatic heterocycles. The first kappa shape index (κ1) is 19.1. The smallest absolute Gasteiger partial charge is 0.350 e. The molecular weight excluding hydrogens is 349 g/mol. The fraction of sp³-hybridized carbons (Fsp3) is 0.611. The van der Waals surface area contributed by atoms with E-state index in [0.717, 1.165) is 18.9 Å². The number of amides is 1. The monoisotopic (exact) mass is 372 g/mol. The van der Waals surface area contributed by atoms with Crippen molar-refractivity contribution in [2.45, 2.75) is 38.3 Å². The van der Waals surface area contributed by atoms with Gasteiger partial charge in [0.1, 0.15) is 0 Å². The summed E-state index contributed by atoms with van der Waals surface area (Å²) in [6.07, 6.45) is -3.00. The van der Waals surface area contributed by atoms with Crippen LogP contribution in [0, 0.1) is 5.92 Å². The van der Waals surface area contributed by atoms with Gasteiger partial charge in [0.25, 0.3) is 0 Å². The van der Waals surface area contributed by atoms with E-state index in [9.17, 15) is 18.0 Å². The number of hydrogen-bond donors (Lipinski definition) is 1. The topological polar surface area (TPSA) is 50.8 Å². The van der Waals surface area contributed by atoms with E-state index in [4.69, 9.17) is 9.47 Å². The number of nitrogens with zero attached hydrogens (tertiary/aromatic N) is 1. The fourth-order valence-electron chi connectivity index (χ4n) is 3.47. The minimum absolute atomic E-state index is 0.167. The highest BCUT2D eigenvalue weighted by atomic mass is 19.4. The molecule has 0 saturated carbocycles. The van der Waals surface area contributed by atoms with Crippen LogP contribution < -0.4 is 5.32 Å². The highest BCUT2D eigenvalue weighted by Gasteiger charge is 2.35. The molecule has 0 spiro atoms. The van der Waals surface area contributed by atoms with E-state index in [1.165, 1.54) is 18.2 Å². The van der Waals surface area contributed by atoms with E-state index < -0.39 is 23.7 Å². The highest BCUT2D eigenvalue weighted by molar-refractivity contribution is 5.95. The lowest BCUT2D eigenvalue weighted by Gasteiger charge is -2.36. The molecule has 1 N–H and O–H groups in total. The standard InChI is InChI=1S/C18H23F3N2O3/c1-12(23-8-6-13(7-9-23)17-25-10-11-26-17)16(24)22-15-5-3-2-4-14(15)18(19,20)21/h2-5,12-13,17H,6-11H2,1H3,(H,22,24). The van der Waals surface area contributed by atoms with Gasteiger partial charge in [-0.3, -0.25) is 9.69 Å². The zero-order chi connectivity index (χ0) is 18.7. The maximum absolute atomic E-state index is 13.1. The number of carbonyl (C=O) groups is 1. The van der Waals surface area contributed by atoms with Crippen molar-refractivity contribution in [3.63, 3.8) is 0 Å². The average molecular weight is 372 g/mol. The Morgan fingerprint density at radius 2 is 1.81 bits per heavy atom. The number of para-hydroxylation sites is 1. The maximum atomic E-state index is 13.1. The molecule has 1 aromatic rings. The average Bonchev–Trinajstić information content (AvgIpc) is 3.15. The second-order valence-electron chi connectivity index (χ2n) is 6.69. The number of nitrogens with one attached hydrogen (secondary N) is 1. The number of likely N-dealkylation sites (tertiary alicyclic amines) is 1. The zero-order valence-corrected chi connectivity index (χ0v) is 14.6. The Bertz CT molecular complexity index is 624. The van der Waals surface area contributed by atoms with Gasteiger partial charge in [-0.1, -0.05) is 12.1 Å². The number of anilines is 1. The number of benzene rings is 1. The van der Waals surface area contributed by atoms with Gasteiger partial charge in [0.05, 0.1) is 30.5 Å². The molecule has 144 valence electrons. The number of rotatable bonds is 4. The van der Waals surface area contributed by atoms with Gasteiger partial charge in [-0.2, -0.15) is 13.2 Å². The summed E-state index contributed by atoms with van der Waals surface area (Å²) in [6, 6.07) is 4.51. The van der Waals surface area contributed by atoms with Crippen LogP contribution >= 0.6 is 0 Å². The van der Waals surface area contributed by atoms with E-state index >= 15 is 0 Å². The van der Waals surface area contributed by atoms with Crippen molar-refractivity contribution in [2.75, 3.05) is 31.6 Å². The number of hydrogen-bond acceptors (Lipinski definition) is 4. The molecule has 2 aliphatic heterocycles. The zero-order valence-electron chi connectivity index (χ0n) is 14.6. The first-order valence-corrected chi connectivity index (χ1v) is 8.80. The van der Waals surface area contributed by atoms with Crippen LogP contribution in [-0.4, -0.2) is 49.4 Å². The van der Waals surface area contributed by atoms with E-state index in [-0.39, 0.29) is 12.0 Å².